The first-order valence-electron chi connectivity index (χ1n) is 6.37. The zero-order valence-electron chi connectivity index (χ0n) is 10.8. The molecule has 1 amide bonds. The van der Waals surface area contributed by atoms with Crippen molar-refractivity contribution < 1.29 is 9.53 Å². The van der Waals surface area contributed by atoms with E-state index in [4.69, 9.17) is 16.3 Å². The van der Waals surface area contributed by atoms with Gasteiger partial charge in [-0.1, -0.05) is 34.0 Å². The van der Waals surface area contributed by atoms with Crippen LogP contribution in [-0.4, -0.2) is 24.4 Å². The number of rotatable bonds is 4. The summed E-state index contributed by atoms with van der Waals surface area (Å²) in [5, 5.41) is 3.53. The monoisotopic (exact) mass is 345 g/mol. The summed E-state index contributed by atoms with van der Waals surface area (Å²) in [5.41, 5.74) is 0.524. The smallest absolute Gasteiger partial charge is 0.255 e. The summed E-state index contributed by atoms with van der Waals surface area (Å²) in [6, 6.07) is 5.04. The van der Waals surface area contributed by atoms with Gasteiger partial charge in [0.1, 0.15) is 5.75 Å². The average molecular weight is 347 g/mol. The molecule has 0 bridgehead atoms. The fraction of sp³-hybridized carbons (Fsp3) is 0.500. The van der Waals surface area contributed by atoms with Gasteiger partial charge in [-0.2, -0.15) is 0 Å². The van der Waals surface area contributed by atoms with Crippen LogP contribution in [0.15, 0.2) is 18.2 Å². The molecule has 19 heavy (non-hydrogen) atoms. The van der Waals surface area contributed by atoms with Crippen LogP contribution >= 0.6 is 27.5 Å². The van der Waals surface area contributed by atoms with Gasteiger partial charge in [0.05, 0.1) is 12.7 Å². The number of carbonyl (C=O) groups excluding carboxylic acids is 1. The van der Waals surface area contributed by atoms with Gasteiger partial charge in [-0.25, -0.2) is 0 Å². The van der Waals surface area contributed by atoms with Crippen LogP contribution in [0.1, 0.15) is 29.6 Å². The molecule has 1 aliphatic rings. The molecule has 0 aromatic heterocycles. The number of hydrogen-bond donors (Lipinski definition) is 1. The summed E-state index contributed by atoms with van der Waals surface area (Å²) in [6.07, 6.45) is 3.57. The van der Waals surface area contributed by atoms with Crippen LogP contribution in [0.5, 0.6) is 5.75 Å². The van der Waals surface area contributed by atoms with E-state index in [9.17, 15) is 4.79 Å². The van der Waals surface area contributed by atoms with Crippen molar-refractivity contribution in [2.24, 2.45) is 5.92 Å². The van der Waals surface area contributed by atoms with Crippen molar-refractivity contribution in [1.29, 1.82) is 0 Å². The van der Waals surface area contributed by atoms with E-state index in [2.05, 4.69) is 21.2 Å². The second-order valence-electron chi connectivity index (χ2n) is 4.76. The highest BCUT2D eigenvalue weighted by atomic mass is 79.9. The lowest BCUT2D eigenvalue weighted by Crippen LogP contribution is -2.31. The van der Waals surface area contributed by atoms with Crippen LogP contribution in [0.2, 0.25) is 5.02 Å². The van der Waals surface area contributed by atoms with E-state index in [0.29, 0.717) is 33.6 Å². The number of methoxy groups -OCH3 is 1. The van der Waals surface area contributed by atoms with E-state index < -0.39 is 0 Å². The van der Waals surface area contributed by atoms with E-state index in [1.807, 2.05) is 0 Å². The Morgan fingerprint density at radius 3 is 2.95 bits per heavy atom. The maximum atomic E-state index is 12.1. The van der Waals surface area contributed by atoms with Gasteiger partial charge in [0.2, 0.25) is 0 Å². The molecule has 3 nitrogen and oxygen atoms in total. The minimum absolute atomic E-state index is 0.111. The van der Waals surface area contributed by atoms with Crippen LogP contribution in [0, 0.1) is 5.92 Å². The number of halogens is 2. The predicted octanol–water partition coefficient (Wildman–Crippen LogP) is 3.64. The van der Waals surface area contributed by atoms with Gasteiger partial charge in [-0.05, 0) is 37.0 Å². The number of hydrogen-bond acceptors (Lipinski definition) is 2. The zero-order valence-corrected chi connectivity index (χ0v) is 13.1. The normalized spacial score (nSPS) is 22.3. The standard InChI is InChI=1S/C14H17BrClNO2/c1-19-13-7-10(16)5-6-11(13)14(18)17-8-9-3-2-4-12(9)15/h5-7,9,12H,2-4,8H2,1H3,(H,17,18). The lowest BCUT2D eigenvalue weighted by molar-refractivity contribution is 0.0945. The first kappa shape index (κ1) is 14.7. The molecule has 1 aromatic carbocycles. The fourth-order valence-corrected chi connectivity index (χ4v) is 3.33. The van der Waals surface area contributed by atoms with Gasteiger partial charge < -0.3 is 10.1 Å². The number of nitrogens with one attached hydrogen (secondary N) is 1. The van der Waals surface area contributed by atoms with Crippen molar-refractivity contribution in [2.75, 3.05) is 13.7 Å². The van der Waals surface area contributed by atoms with Gasteiger partial charge in [0, 0.05) is 16.4 Å². The Kier molecular flexibility index (Phi) is 5.11. The van der Waals surface area contributed by atoms with Crippen molar-refractivity contribution in [3.05, 3.63) is 28.8 Å². The minimum Gasteiger partial charge on any atom is -0.496 e. The third-order valence-corrected chi connectivity index (χ3v) is 4.94. The Morgan fingerprint density at radius 2 is 2.32 bits per heavy atom. The van der Waals surface area contributed by atoms with E-state index in [1.54, 1.807) is 18.2 Å². The first-order chi connectivity index (χ1) is 9.11. The number of benzene rings is 1. The topological polar surface area (TPSA) is 38.3 Å². The summed E-state index contributed by atoms with van der Waals surface area (Å²) in [5.74, 6) is 0.911. The van der Waals surface area contributed by atoms with Crippen LogP contribution in [0.3, 0.4) is 0 Å². The first-order valence-corrected chi connectivity index (χ1v) is 7.67. The van der Waals surface area contributed by atoms with Crippen molar-refractivity contribution >= 4 is 33.4 Å². The number of amides is 1. The summed E-state index contributed by atoms with van der Waals surface area (Å²) in [6.45, 7) is 0.695. The molecule has 1 N–H and O–H groups in total. The quantitative estimate of drug-likeness (QED) is 0.845. The van der Waals surface area contributed by atoms with Crippen molar-refractivity contribution in [1.82, 2.24) is 5.32 Å². The maximum absolute atomic E-state index is 12.1. The van der Waals surface area contributed by atoms with E-state index >= 15 is 0 Å². The molecular formula is C14H17BrClNO2. The molecule has 5 heteroatoms. The Balaban J connectivity index is 1.99. The molecule has 2 atom stereocenters. The van der Waals surface area contributed by atoms with Crippen LogP contribution in [0.4, 0.5) is 0 Å². The molecular weight excluding hydrogens is 330 g/mol. The van der Waals surface area contributed by atoms with Crippen LogP contribution in [-0.2, 0) is 0 Å². The predicted molar refractivity (Wildman–Crippen MR) is 80.4 cm³/mol. The molecule has 0 spiro atoms. The maximum Gasteiger partial charge on any atom is 0.255 e. The largest absolute Gasteiger partial charge is 0.496 e. The van der Waals surface area contributed by atoms with Crippen LogP contribution < -0.4 is 10.1 Å². The summed E-state index contributed by atoms with van der Waals surface area (Å²) in [4.78, 5) is 12.7. The lowest BCUT2D eigenvalue weighted by atomic mass is 10.1. The van der Waals surface area contributed by atoms with E-state index in [1.165, 1.54) is 20.0 Å². The van der Waals surface area contributed by atoms with Gasteiger partial charge in [0.15, 0.2) is 0 Å². The van der Waals surface area contributed by atoms with Crippen molar-refractivity contribution in [2.45, 2.75) is 24.1 Å². The highest BCUT2D eigenvalue weighted by molar-refractivity contribution is 9.09. The highest BCUT2D eigenvalue weighted by Gasteiger charge is 2.25. The van der Waals surface area contributed by atoms with Crippen molar-refractivity contribution in [3.63, 3.8) is 0 Å². The summed E-state index contributed by atoms with van der Waals surface area (Å²) >= 11 is 9.54. The Labute approximate surface area is 126 Å². The molecule has 0 aliphatic heterocycles. The molecule has 1 fully saturated rings. The molecule has 2 unspecified atom stereocenters. The molecule has 1 aromatic rings. The molecule has 0 heterocycles. The minimum atomic E-state index is -0.111. The van der Waals surface area contributed by atoms with Gasteiger partial charge in [-0.3, -0.25) is 4.79 Å². The molecule has 1 saturated carbocycles. The van der Waals surface area contributed by atoms with E-state index in [-0.39, 0.29) is 5.91 Å². The van der Waals surface area contributed by atoms with Gasteiger partial charge in [-0.15, -0.1) is 0 Å². The van der Waals surface area contributed by atoms with Gasteiger partial charge in [0.25, 0.3) is 5.91 Å². The van der Waals surface area contributed by atoms with Crippen molar-refractivity contribution in [3.8, 4) is 5.75 Å². The van der Waals surface area contributed by atoms with Crippen LogP contribution in [0.25, 0.3) is 0 Å². The molecule has 0 radical (unpaired) electrons. The Hall–Kier alpha value is -0.740. The third kappa shape index (κ3) is 3.63. The number of ether oxygens (including phenoxy) is 1. The van der Waals surface area contributed by atoms with E-state index in [0.717, 1.165) is 6.42 Å². The lowest BCUT2D eigenvalue weighted by Gasteiger charge is -2.15. The fourth-order valence-electron chi connectivity index (χ4n) is 2.39. The number of alkyl halides is 1. The highest BCUT2D eigenvalue weighted by Crippen LogP contribution is 2.31. The zero-order chi connectivity index (χ0) is 13.8. The number of carbonyl (C=O) groups is 1. The SMILES string of the molecule is COc1cc(Cl)ccc1C(=O)NCC1CCCC1Br. The third-order valence-electron chi connectivity index (χ3n) is 3.50. The second-order valence-corrected chi connectivity index (χ2v) is 6.37. The van der Waals surface area contributed by atoms with Gasteiger partial charge >= 0.3 is 0 Å². The molecule has 0 saturated heterocycles. The Morgan fingerprint density at radius 1 is 1.53 bits per heavy atom. The summed E-state index contributed by atoms with van der Waals surface area (Å²) in [7, 11) is 1.54. The second kappa shape index (κ2) is 6.62. The molecule has 104 valence electrons. The molecule has 2 rings (SSSR count). The summed E-state index contributed by atoms with van der Waals surface area (Å²) < 4.78 is 5.19. The average Bonchev–Trinajstić information content (AvgIpc) is 2.81. The molecule has 1 aliphatic carbocycles. The Bertz CT molecular complexity index is 467.